The molecule has 0 spiro atoms. The van der Waals surface area contributed by atoms with Crippen LogP contribution >= 0.6 is 0 Å². The minimum absolute atomic E-state index is 0.839. The van der Waals surface area contributed by atoms with Gasteiger partial charge in [0.15, 0.2) is 5.58 Å². The van der Waals surface area contributed by atoms with Gasteiger partial charge < -0.3 is 14.2 Å². The molecule has 0 saturated heterocycles. The Balaban J connectivity index is 0.979. The molecule has 0 unspecified atom stereocenters. The summed E-state index contributed by atoms with van der Waals surface area (Å²) in [5.74, 6) is 0. The average Bonchev–Trinajstić information content (AvgIpc) is 3.84. The smallest absolute Gasteiger partial charge is 0.159 e. The molecule has 0 amide bonds. The lowest BCUT2D eigenvalue weighted by atomic mass is 9.97. The number of hydrogen-bond donors (Lipinski definition) is 0. The minimum Gasteiger partial charge on any atom is -0.453 e. The summed E-state index contributed by atoms with van der Waals surface area (Å²) in [6, 6.07) is 100. The van der Waals surface area contributed by atoms with Gasteiger partial charge in [0, 0.05) is 44.5 Å². The lowest BCUT2D eigenvalue weighted by molar-refractivity contribution is 0.673. The normalized spacial score (nSPS) is 11.4. The molecule has 0 saturated carbocycles. The highest BCUT2D eigenvalue weighted by Gasteiger charge is 2.24. The standard InChI is InChI=1S/C68H46N2O/c1-3-17-47(18-4-1)49-35-40-55(41-36-49)69(57-26-13-24-53(45-57)60-31-15-23-51-21-7-9-28-59(51)60)58-27-14-25-54(46-58)61-29-11-12-33-65(61)70(56-42-37-50(38-43-56)48-19-5-2-6-20-48)66-34-16-32-63-64-44-39-52-22-8-10-30-62(52)67(64)71-68(63)66/h1-46H. The van der Waals surface area contributed by atoms with Gasteiger partial charge in [0.25, 0.3) is 0 Å². The second kappa shape index (κ2) is 17.9. The highest BCUT2D eigenvalue weighted by Crippen LogP contribution is 2.48. The van der Waals surface area contributed by atoms with Gasteiger partial charge in [-0.2, -0.15) is 0 Å². The molecule has 0 bridgehead atoms. The fraction of sp³-hybridized carbons (Fsp3) is 0. The van der Waals surface area contributed by atoms with E-state index in [9.17, 15) is 0 Å². The summed E-state index contributed by atoms with van der Waals surface area (Å²) >= 11 is 0. The fourth-order valence-electron chi connectivity index (χ4n) is 10.4. The van der Waals surface area contributed by atoms with Gasteiger partial charge in [-0.15, -0.1) is 0 Å². The van der Waals surface area contributed by atoms with Crippen molar-refractivity contribution < 1.29 is 4.42 Å². The first-order valence-electron chi connectivity index (χ1n) is 24.2. The van der Waals surface area contributed by atoms with Gasteiger partial charge in [-0.1, -0.05) is 212 Å². The molecule has 12 aromatic carbocycles. The molecule has 334 valence electrons. The number of para-hydroxylation sites is 2. The van der Waals surface area contributed by atoms with Crippen molar-refractivity contribution >= 4 is 77.6 Å². The van der Waals surface area contributed by atoms with Crippen LogP contribution in [0.1, 0.15) is 0 Å². The maximum absolute atomic E-state index is 7.06. The first-order valence-corrected chi connectivity index (χ1v) is 24.2. The SMILES string of the molecule is c1ccc(-c2ccc(N(c3cccc(-c4ccccc4N(c4ccc(-c5ccccc5)cc4)c4cccc5c4oc4c6ccccc6ccc54)c3)c3cccc(-c4cccc5ccccc45)c3)cc2)cc1. The van der Waals surface area contributed by atoms with Crippen molar-refractivity contribution in [3.8, 4) is 44.5 Å². The quantitative estimate of drug-likeness (QED) is 0.136. The molecule has 1 aromatic heterocycles. The molecule has 0 atom stereocenters. The van der Waals surface area contributed by atoms with Crippen molar-refractivity contribution in [2.75, 3.05) is 9.80 Å². The van der Waals surface area contributed by atoms with Crippen molar-refractivity contribution in [1.82, 2.24) is 0 Å². The topological polar surface area (TPSA) is 19.6 Å². The van der Waals surface area contributed by atoms with E-state index >= 15 is 0 Å². The third kappa shape index (κ3) is 7.67. The summed E-state index contributed by atoms with van der Waals surface area (Å²) in [7, 11) is 0. The Hall–Kier alpha value is -9.44. The van der Waals surface area contributed by atoms with Gasteiger partial charge in [0.05, 0.1) is 11.4 Å². The van der Waals surface area contributed by atoms with E-state index in [1.807, 2.05) is 0 Å². The molecular weight excluding hydrogens is 861 g/mol. The van der Waals surface area contributed by atoms with Gasteiger partial charge in [0.1, 0.15) is 5.58 Å². The predicted molar refractivity (Wildman–Crippen MR) is 300 cm³/mol. The Morgan fingerprint density at radius 2 is 0.662 bits per heavy atom. The zero-order chi connectivity index (χ0) is 47.1. The number of fused-ring (bicyclic) bond motifs is 6. The summed E-state index contributed by atoms with van der Waals surface area (Å²) in [5, 5.41) is 6.89. The van der Waals surface area contributed by atoms with Crippen LogP contribution < -0.4 is 9.80 Å². The summed E-state index contributed by atoms with van der Waals surface area (Å²) in [6.07, 6.45) is 0. The number of hydrogen-bond acceptors (Lipinski definition) is 3. The van der Waals surface area contributed by atoms with E-state index in [1.54, 1.807) is 0 Å². The number of benzene rings is 12. The molecule has 0 aliphatic rings. The molecule has 0 N–H and O–H groups in total. The summed E-state index contributed by atoms with van der Waals surface area (Å²) in [5.41, 5.74) is 17.2. The predicted octanol–water partition coefficient (Wildman–Crippen LogP) is 19.5. The van der Waals surface area contributed by atoms with Crippen molar-refractivity contribution in [1.29, 1.82) is 0 Å². The molecule has 3 heteroatoms. The zero-order valence-electron chi connectivity index (χ0n) is 38.9. The summed E-state index contributed by atoms with van der Waals surface area (Å²) < 4.78 is 7.06. The Bertz CT molecular complexity index is 4040. The van der Waals surface area contributed by atoms with Crippen LogP contribution in [-0.4, -0.2) is 0 Å². The Morgan fingerprint density at radius 3 is 1.34 bits per heavy atom. The van der Waals surface area contributed by atoms with E-state index in [0.717, 1.165) is 89.1 Å². The van der Waals surface area contributed by atoms with E-state index in [0.29, 0.717) is 0 Å². The molecule has 71 heavy (non-hydrogen) atoms. The van der Waals surface area contributed by atoms with Crippen LogP contribution in [0.4, 0.5) is 34.1 Å². The van der Waals surface area contributed by atoms with Gasteiger partial charge in [-0.25, -0.2) is 0 Å². The van der Waals surface area contributed by atoms with Crippen molar-refractivity contribution in [2.45, 2.75) is 0 Å². The Morgan fingerprint density at radius 1 is 0.225 bits per heavy atom. The molecular formula is C68H46N2O. The van der Waals surface area contributed by atoms with Crippen LogP contribution in [-0.2, 0) is 0 Å². The summed E-state index contributed by atoms with van der Waals surface area (Å²) in [6.45, 7) is 0. The highest BCUT2D eigenvalue weighted by atomic mass is 16.3. The van der Waals surface area contributed by atoms with E-state index in [1.165, 1.54) is 33.0 Å². The minimum atomic E-state index is 0.839. The van der Waals surface area contributed by atoms with Crippen LogP contribution in [0.2, 0.25) is 0 Å². The second-order valence-electron chi connectivity index (χ2n) is 18.1. The Labute approximate surface area is 413 Å². The molecule has 13 rings (SSSR count). The monoisotopic (exact) mass is 906 g/mol. The number of anilines is 6. The second-order valence-corrected chi connectivity index (χ2v) is 18.1. The molecule has 13 aromatic rings. The molecule has 0 aliphatic carbocycles. The third-order valence-electron chi connectivity index (χ3n) is 13.8. The lowest BCUT2D eigenvalue weighted by Crippen LogP contribution is -2.12. The third-order valence-corrected chi connectivity index (χ3v) is 13.8. The van der Waals surface area contributed by atoms with E-state index < -0.39 is 0 Å². The van der Waals surface area contributed by atoms with E-state index in [2.05, 4.69) is 289 Å². The van der Waals surface area contributed by atoms with E-state index in [-0.39, 0.29) is 0 Å². The maximum Gasteiger partial charge on any atom is 0.159 e. The van der Waals surface area contributed by atoms with Gasteiger partial charge in [-0.05, 0) is 122 Å². The first-order chi connectivity index (χ1) is 35.2. The van der Waals surface area contributed by atoms with Crippen LogP contribution in [0, 0.1) is 0 Å². The number of rotatable bonds is 10. The Kier molecular flexibility index (Phi) is 10.5. The lowest BCUT2D eigenvalue weighted by Gasteiger charge is -2.29. The summed E-state index contributed by atoms with van der Waals surface area (Å²) in [4.78, 5) is 4.76. The zero-order valence-corrected chi connectivity index (χ0v) is 38.9. The van der Waals surface area contributed by atoms with Gasteiger partial charge in [-0.3, -0.25) is 0 Å². The molecule has 0 aliphatic heterocycles. The van der Waals surface area contributed by atoms with Gasteiger partial charge >= 0.3 is 0 Å². The average molecular weight is 907 g/mol. The molecule has 3 nitrogen and oxygen atoms in total. The first kappa shape index (κ1) is 41.7. The highest BCUT2D eigenvalue weighted by molar-refractivity contribution is 6.17. The van der Waals surface area contributed by atoms with Crippen molar-refractivity contribution in [3.63, 3.8) is 0 Å². The fourth-order valence-corrected chi connectivity index (χ4v) is 10.4. The largest absolute Gasteiger partial charge is 0.453 e. The molecule has 0 radical (unpaired) electrons. The van der Waals surface area contributed by atoms with Gasteiger partial charge in [0.2, 0.25) is 0 Å². The van der Waals surface area contributed by atoms with E-state index in [4.69, 9.17) is 4.42 Å². The molecule has 0 fully saturated rings. The van der Waals surface area contributed by atoms with Crippen LogP contribution in [0.15, 0.2) is 283 Å². The number of nitrogens with zero attached hydrogens (tertiary/aromatic N) is 2. The van der Waals surface area contributed by atoms with Crippen LogP contribution in [0.3, 0.4) is 0 Å². The molecule has 1 heterocycles. The van der Waals surface area contributed by atoms with Crippen molar-refractivity contribution in [2.24, 2.45) is 0 Å². The maximum atomic E-state index is 7.06. The van der Waals surface area contributed by atoms with Crippen LogP contribution in [0.5, 0.6) is 0 Å². The number of furan rings is 1. The van der Waals surface area contributed by atoms with Crippen molar-refractivity contribution in [3.05, 3.63) is 279 Å². The van der Waals surface area contributed by atoms with Crippen LogP contribution in [0.25, 0.3) is 88.0 Å².